The largest absolute Gasteiger partial charge is 0.468 e. The van der Waals surface area contributed by atoms with Gasteiger partial charge in [0.1, 0.15) is 5.54 Å². The Morgan fingerprint density at radius 2 is 2.05 bits per heavy atom. The molecule has 2 N–H and O–H groups in total. The quantitative estimate of drug-likeness (QED) is 0.515. The Bertz CT molecular complexity index is 290. The fourth-order valence-electron chi connectivity index (χ4n) is 2.57. The molecule has 0 aromatic heterocycles. The third-order valence-corrected chi connectivity index (χ3v) is 4.12. The first-order valence-corrected chi connectivity index (χ1v) is 7.57. The highest BCUT2D eigenvalue weighted by molar-refractivity contribution is 5.81. The normalized spacial score (nSPS) is 18.7. The van der Waals surface area contributed by atoms with E-state index >= 15 is 0 Å². The van der Waals surface area contributed by atoms with Crippen LogP contribution in [0.4, 0.5) is 0 Å². The van der Waals surface area contributed by atoms with Crippen LogP contribution in [-0.4, -0.2) is 42.6 Å². The molecule has 1 aliphatic carbocycles. The lowest BCUT2D eigenvalue weighted by atomic mass is 9.93. The van der Waals surface area contributed by atoms with Gasteiger partial charge in [0.2, 0.25) is 0 Å². The van der Waals surface area contributed by atoms with E-state index in [1.54, 1.807) is 0 Å². The van der Waals surface area contributed by atoms with Crippen molar-refractivity contribution in [2.24, 2.45) is 11.7 Å². The second-order valence-corrected chi connectivity index (χ2v) is 6.08. The van der Waals surface area contributed by atoms with E-state index in [2.05, 4.69) is 25.7 Å². The molecule has 19 heavy (non-hydrogen) atoms. The van der Waals surface area contributed by atoms with Gasteiger partial charge in [-0.05, 0) is 45.6 Å². The van der Waals surface area contributed by atoms with Gasteiger partial charge in [0.05, 0.1) is 7.11 Å². The molecule has 0 heterocycles. The molecule has 1 unspecified atom stereocenters. The summed E-state index contributed by atoms with van der Waals surface area (Å²) >= 11 is 0. The molecule has 1 saturated carbocycles. The van der Waals surface area contributed by atoms with Gasteiger partial charge >= 0.3 is 5.97 Å². The van der Waals surface area contributed by atoms with Crippen molar-refractivity contribution in [1.82, 2.24) is 4.90 Å². The Morgan fingerprint density at radius 1 is 1.42 bits per heavy atom. The van der Waals surface area contributed by atoms with E-state index in [4.69, 9.17) is 10.5 Å². The number of unbranched alkanes of at least 4 members (excludes halogenated alkanes) is 2. The summed E-state index contributed by atoms with van der Waals surface area (Å²) in [5.74, 6) is 0.0449. The Morgan fingerprint density at radius 3 is 2.47 bits per heavy atom. The number of carbonyl (C=O) groups excluding carboxylic acids is 1. The number of hydrogen-bond acceptors (Lipinski definition) is 4. The molecule has 1 fully saturated rings. The molecule has 0 spiro atoms. The maximum absolute atomic E-state index is 12.0. The molecule has 4 nitrogen and oxygen atoms in total. The van der Waals surface area contributed by atoms with Crippen LogP contribution in [0.15, 0.2) is 0 Å². The van der Waals surface area contributed by atoms with Crippen LogP contribution in [-0.2, 0) is 9.53 Å². The lowest BCUT2D eigenvalue weighted by Gasteiger charge is -2.35. The number of ether oxygens (including phenoxy) is 1. The van der Waals surface area contributed by atoms with Crippen LogP contribution in [0.5, 0.6) is 0 Å². The highest BCUT2D eigenvalue weighted by Crippen LogP contribution is 2.39. The van der Waals surface area contributed by atoms with Gasteiger partial charge < -0.3 is 10.5 Å². The summed E-state index contributed by atoms with van der Waals surface area (Å²) in [6, 6.07) is 0.406. The van der Waals surface area contributed by atoms with E-state index in [9.17, 15) is 4.79 Å². The van der Waals surface area contributed by atoms with Crippen LogP contribution < -0.4 is 5.73 Å². The van der Waals surface area contributed by atoms with Crippen molar-refractivity contribution in [3.05, 3.63) is 0 Å². The van der Waals surface area contributed by atoms with Gasteiger partial charge in [-0.1, -0.05) is 19.8 Å². The van der Waals surface area contributed by atoms with Crippen molar-refractivity contribution in [2.75, 3.05) is 20.2 Å². The molecular formula is C15H30N2O2. The minimum absolute atomic E-state index is 0.254. The maximum atomic E-state index is 12.0. The number of nitrogens with zero attached hydrogens (tertiary/aromatic N) is 1. The fourth-order valence-corrected chi connectivity index (χ4v) is 2.57. The smallest absolute Gasteiger partial charge is 0.327 e. The van der Waals surface area contributed by atoms with Gasteiger partial charge in [-0.15, -0.1) is 0 Å². The molecule has 1 aliphatic rings. The summed E-state index contributed by atoms with van der Waals surface area (Å²) < 4.78 is 4.93. The Balaban J connectivity index is 2.65. The van der Waals surface area contributed by atoms with E-state index in [0.29, 0.717) is 18.5 Å². The van der Waals surface area contributed by atoms with Crippen LogP contribution in [0.3, 0.4) is 0 Å². The second-order valence-electron chi connectivity index (χ2n) is 6.08. The molecule has 0 amide bonds. The van der Waals surface area contributed by atoms with Crippen LogP contribution in [0.25, 0.3) is 0 Å². The zero-order valence-corrected chi connectivity index (χ0v) is 12.9. The van der Waals surface area contributed by atoms with Gasteiger partial charge in [-0.25, -0.2) is 0 Å². The summed E-state index contributed by atoms with van der Waals surface area (Å²) in [5, 5.41) is 0. The lowest BCUT2D eigenvalue weighted by molar-refractivity contribution is -0.149. The molecule has 0 aliphatic heterocycles. The minimum Gasteiger partial charge on any atom is -0.468 e. The lowest BCUT2D eigenvalue weighted by Crippen LogP contribution is -2.59. The third-order valence-electron chi connectivity index (χ3n) is 4.12. The van der Waals surface area contributed by atoms with Gasteiger partial charge in [-0.2, -0.15) is 0 Å². The zero-order chi connectivity index (χ0) is 14.5. The first-order chi connectivity index (χ1) is 8.95. The number of nitrogens with two attached hydrogens (primary N) is 1. The Hall–Kier alpha value is -0.610. The van der Waals surface area contributed by atoms with Crippen molar-refractivity contribution in [3.63, 3.8) is 0 Å². The molecule has 1 rings (SSSR count). The number of esters is 1. The van der Waals surface area contributed by atoms with Crippen molar-refractivity contribution >= 4 is 5.97 Å². The molecule has 4 heteroatoms. The van der Waals surface area contributed by atoms with Gasteiger partial charge in [0.25, 0.3) is 0 Å². The van der Waals surface area contributed by atoms with Crippen LogP contribution >= 0.6 is 0 Å². The van der Waals surface area contributed by atoms with Crippen LogP contribution in [0.1, 0.15) is 52.9 Å². The topological polar surface area (TPSA) is 55.6 Å². The van der Waals surface area contributed by atoms with E-state index in [-0.39, 0.29) is 5.97 Å². The standard InChI is InChI=1S/C15H30N2O2/c1-5-6-7-10-17(12(2)3)11-15(16,13-8-9-13)14(18)19-4/h12-13H,5-11,16H2,1-4H3. The maximum Gasteiger partial charge on any atom is 0.327 e. The summed E-state index contributed by atoms with van der Waals surface area (Å²) in [5.41, 5.74) is 5.57. The van der Waals surface area contributed by atoms with Crippen molar-refractivity contribution in [2.45, 2.75) is 64.5 Å². The first-order valence-electron chi connectivity index (χ1n) is 7.57. The Labute approximate surface area is 117 Å². The SMILES string of the molecule is CCCCCN(CC(N)(C(=O)OC)C1CC1)C(C)C. The second kappa shape index (κ2) is 7.25. The van der Waals surface area contributed by atoms with E-state index in [1.165, 1.54) is 20.0 Å². The van der Waals surface area contributed by atoms with E-state index < -0.39 is 5.54 Å². The van der Waals surface area contributed by atoms with E-state index in [0.717, 1.165) is 25.8 Å². The highest BCUT2D eigenvalue weighted by atomic mass is 16.5. The van der Waals surface area contributed by atoms with Crippen molar-refractivity contribution in [3.8, 4) is 0 Å². The minimum atomic E-state index is -0.814. The van der Waals surface area contributed by atoms with E-state index in [1.807, 2.05) is 0 Å². The number of rotatable bonds is 9. The van der Waals surface area contributed by atoms with Crippen LogP contribution in [0, 0.1) is 5.92 Å². The third kappa shape index (κ3) is 4.46. The predicted octanol–water partition coefficient (Wildman–Crippen LogP) is 2.17. The molecule has 0 saturated heterocycles. The molecule has 1 atom stereocenters. The number of methoxy groups -OCH3 is 1. The molecule has 0 aromatic rings. The summed E-state index contributed by atoms with van der Waals surface area (Å²) in [6.07, 6.45) is 5.69. The molecule has 112 valence electrons. The van der Waals surface area contributed by atoms with Gasteiger partial charge in [0, 0.05) is 12.6 Å². The molecular weight excluding hydrogens is 240 g/mol. The average Bonchev–Trinajstić information content (AvgIpc) is 3.20. The summed E-state index contributed by atoms with van der Waals surface area (Å²) in [7, 11) is 1.43. The first kappa shape index (κ1) is 16.4. The highest BCUT2D eigenvalue weighted by Gasteiger charge is 2.49. The van der Waals surface area contributed by atoms with Crippen LogP contribution in [0.2, 0.25) is 0 Å². The van der Waals surface area contributed by atoms with Crippen molar-refractivity contribution in [1.29, 1.82) is 0 Å². The average molecular weight is 270 g/mol. The van der Waals surface area contributed by atoms with Crippen molar-refractivity contribution < 1.29 is 9.53 Å². The van der Waals surface area contributed by atoms with Gasteiger partial charge in [0.15, 0.2) is 0 Å². The predicted molar refractivity (Wildman–Crippen MR) is 77.9 cm³/mol. The zero-order valence-electron chi connectivity index (χ0n) is 12.9. The molecule has 0 radical (unpaired) electrons. The number of hydrogen-bond donors (Lipinski definition) is 1. The Kier molecular flexibility index (Phi) is 6.27. The fraction of sp³-hybridized carbons (Fsp3) is 0.933. The number of carbonyl (C=O) groups is 1. The molecule has 0 bridgehead atoms. The molecule has 0 aromatic carbocycles. The summed E-state index contributed by atoms with van der Waals surface area (Å²) in [6.45, 7) is 8.15. The monoisotopic (exact) mass is 270 g/mol. The summed E-state index contributed by atoms with van der Waals surface area (Å²) in [4.78, 5) is 14.4. The van der Waals surface area contributed by atoms with Gasteiger partial charge in [-0.3, -0.25) is 9.69 Å².